The van der Waals surface area contributed by atoms with E-state index in [0.29, 0.717) is 60.8 Å². The van der Waals surface area contributed by atoms with Crippen molar-refractivity contribution in [2.45, 2.75) is 71.4 Å². The molecule has 4 heterocycles. The summed E-state index contributed by atoms with van der Waals surface area (Å²) in [6.45, 7) is 10.3. The van der Waals surface area contributed by atoms with Crippen LogP contribution in [0.15, 0.2) is 66.7 Å². The summed E-state index contributed by atoms with van der Waals surface area (Å²) < 4.78 is 17.7. The van der Waals surface area contributed by atoms with Gasteiger partial charge in [0.25, 0.3) is 5.91 Å². The van der Waals surface area contributed by atoms with Gasteiger partial charge in [-0.3, -0.25) is 19.8 Å². The van der Waals surface area contributed by atoms with Gasteiger partial charge in [0.2, 0.25) is 0 Å². The van der Waals surface area contributed by atoms with Gasteiger partial charge in [0.05, 0.1) is 36.4 Å². The molecule has 60 heavy (non-hydrogen) atoms. The summed E-state index contributed by atoms with van der Waals surface area (Å²) in [5.74, 6) is 8.08. The molecule has 2 aliphatic heterocycles. The van der Waals surface area contributed by atoms with Crippen LogP contribution in [0.5, 0.6) is 5.75 Å². The topological polar surface area (TPSA) is 123 Å². The molecule has 2 fully saturated rings. The number of carbonyl (C=O) groups excluding carboxylic acids is 3. The second-order valence-corrected chi connectivity index (χ2v) is 19.1. The van der Waals surface area contributed by atoms with Crippen molar-refractivity contribution >= 4 is 61.0 Å². The highest BCUT2D eigenvalue weighted by molar-refractivity contribution is 7.22. The summed E-state index contributed by atoms with van der Waals surface area (Å²) in [6.07, 6.45) is 5.15. The quantitative estimate of drug-likeness (QED) is 0.0703. The van der Waals surface area contributed by atoms with Crippen LogP contribution in [0.25, 0.3) is 10.2 Å². The lowest BCUT2D eigenvalue weighted by molar-refractivity contribution is -0.165. The molecule has 2 aromatic heterocycles. The third-order valence-electron chi connectivity index (χ3n) is 11.2. The average molecular weight is 846 g/mol. The minimum atomic E-state index is -0.462. The molecular formula is C47H51N5O6S2. The van der Waals surface area contributed by atoms with Gasteiger partial charge in [-0.25, -0.2) is 14.8 Å². The molecule has 1 saturated carbocycles. The van der Waals surface area contributed by atoms with Crippen molar-refractivity contribution in [1.29, 1.82) is 0 Å². The maximum absolute atomic E-state index is 13.6. The first-order chi connectivity index (χ1) is 29.0. The van der Waals surface area contributed by atoms with E-state index >= 15 is 0 Å². The highest BCUT2D eigenvalue weighted by Crippen LogP contribution is 2.41. The number of methoxy groups -OCH3 is 1. The molecule has 0 bridgehead atoms. The summed E-state index contributed by atoms with van der Waals surface area (Å²) in [7, 11) is 1.37. The van der Waals surface area contributed by atoms with Crippen LogP contribution in [-0.4, -0.2) is 78.2 Å². The number of fused-ring (bicyclic) bond motifs is 2. The molecule has 0 atom stereocenters. The van der Waals surface area contributed by atoms with E-state index in [9.17, 15) is 14.4 Å². The molecule has 1 amide bonds. The van der Waals surface area contributed by atoms with Gasteiger partial charge in [-0.15, -0.1) is 11.3 Å². The number of likely N-dealkylation sites (tertiary alicyclic amines) is 1. The van der Waals surface area contributed by atoms with E-state index in [2.05, 4.69) is 38.0 Å². The van der Waals surface area contributed by atoms with Crippen molar-refractivity contribution in [3.63, 3.8) is 0 Å². The SMILES string of the molecule is COC(=O)c1nc(N2CCc3cccc(C(=O)Nc4nc5ccccc5s4)c3C2)sc1CCCOc1ccc(C#CCN2CC(CC3CC(C(=O)OC(C)(C)C)C3)C2)cc1. The van der Waals surface area contributed by atoms with Crippen molar-refractivity contribution in [1.82, 2.24) is 14.9 Å². The minimum Gasteiger partial charge on any atom is -0.494 e. The molecule has 312 valence electrons. The van der Waals surface area contributed by atoms with Crippen molar-refractivity contribution in [3.05, 3.63) is 99.6 Å². The van der Waals surface area contributed by atoms with Crippen molar-refractivity contribution in [2.24, 2.45) is 17.8 Å². The first kappa shape index (κ1) is 41.4. The number of benzene rings is 3. The smallest absolute Gasteiger partial charge is 0.357 e. The largest absolute Gasteiger partial charge is 0.494 e. The van der Waals surface area contributed by atoms with E-state index in [1.807, 2.05) is 81.4 Å². The fourth-order valence-corrected chi connectivity index (χ4v) is 10.2. The van der Waals surface area contributed by atoms with E-state index < -0.39 is 11.6 Å². The Morgan fingerprint density at radius 3 is 2.52 bits per heavy atom. The number of rotatable bonds is 13. The summed E-state index contributed by atoms with van der Waals surface area (Å²) in [5, 5.41) is 4.30. The van der Waals surface area contributed by atoms with Crippen molar-refractivity contribution in [2.75, 3.05) is 50.1 Å². The number of thiazole rings is 2. The molecule has 1 N–H and O–H groups in total. The predicted molar refractivity (Wildman–Crippen MR) is 236 cm³/mol. The standard InChI is InChI=1S/C47H51N5O6S2/c1-47(2,3)58-43(54)34-25-31(26-34)24-32-27-51(28-32)21-8-10-30-16-18-35(19-17-30)57-23-9-15-40-41(44(55)56-4)49-46(60-40)52-22-20-33-11-7-12-36(37(33)29-52)42(53)50-45-48-38-13-5-6-14-39(38)59-45/h5-7,11-14,16-19,31-32,34H,9,15,20-29H2,1-4H3,(H,48,50,53). The van der Waals surface area contributed by atoms with Gasteiger partial charge in [0.15, 0.2) is 16.0 Å². The Labute approximate surface area is 359 Å². The molecule has 3 aliphatic rings. The zero-order valence-electron chi connectivity index (χ0n) is 34.6. The summed E-state index contributed by atoms with van der Waals surface area (Å²) in [4.78, 5) is 53.4. The third kappa shape index (κ3) is 10.0. The molecule has 5 aromatic rings. The van der Waals surface area contributed by atoms with Gasteiger partial charge >= 0.3 is 11.9 Å². The third-order valence-corrected chi connectivity index (χ3v) is 13.4. The molecule has 1 saturated heterocycles. The number of hydrogen-bond donors (Lipinski definition) is 1. The van der Waals surface area contributed by atoms with Gasteiger partial charge in [-0.2, -0.15) is 0 Å². The second kappa shape index (κ2) is 18.1. The number of ether oxygens (including phenoxy) is 3. The Hall–Kier alpha value is -5.29. The number of hydrogen-bond acceptors (Lipinski definition) is 12. The molecule has 13 heteroatoms. The molecule has 11 nitrogen and oxygen atoms in total. The van der Waals surface area contributed by atoms with Crippen molar-refractivity contribution in [3.8, 4) is 17.6 Å². The summed E-state index contributed by atoms with van der Waals surface area (Å²) >= 11 is 2.94. The van der Waals surface area contributed by atoms with Crippen LogP contribution in [-0.2, 0) is 33.7 Å². The Morgan fingerprint density at radius 2 is 1.75 bits per heavy atom. The lowest BCUT2D eigenvalue weighted by Gasteiger charge is -2.43. The summed E-state index contributed by atoms with van der Waals surface area (Å²) in [5.41, 5.74) is 4.40. The molecule has 0 spiro atoms. The van der Waals surface area contributed by atoms with Crippen LogP contribution < -0.4 is 15.0 Å². The second-order valence-electron chi connectivity index (χ2n) is 17.0. The van der Waals surface area contributed by atoms with Gasteiger partial charge in [-0.05, 0) is 125 Å². The van der Waals surface area contributed by atoms with Crippen molar-refractivity contribution < 1.29 is 28.6 Å². The number of esters is 2. The van der Waals surface area contributed by atoms with Crippen LogP contribution in [0.4, 0.5) is 10.3 Å². The predicted octanol–water partition coefficient (Wildman–Crippen LogP) is 8.41. The Bertz CT molecular complexity index is 2380. The first-order valence-corrected chi connectivity index (χ1v) is 22.4. The van der Waals surface area contributed by atoms with Crippen LogP contribution in [0.1, 0.15) is 88.9 Å². The number of carbonyl (C=O) groups is 3. The lowest BCUT2D eigenvalue weighted by Crippen LogP contribution is -2.48. The molecule has 0 unspecified atom stereocenters. The highest BCUT2D eigenvalue weighted by atomic mass is 32.1. The normalized spacial score (nSPS) is 17.8. The minimum absolute atomic E-state index is 0.0378. The number of anilines is 2. The number of amides is 1. The number of nitrogens with one attached hydrogen (secondary N) is 1. The van der Waals surface area contributed by atoms with E-state index in [1.165, 1.54) is 36.2 Å². The zero-order chi connectivity index (χ0) is 41.8. The molecule has 0 radical (unpaired) electrons. The maximum Gasteiger partial charge on any atom is 0.357 e. The average Bonchev–Trinajstić information content (AvgIpc) is 3.82. The number of nitrogens with zero attached hydrogens (tertiary/aromatic N) is 4. The highest BCUT2D eigenvalue weighted by Gasteiger charge is 2.40. The van der Waals surface area contributed by atoms with E-state index in [4.69, 9.17) is 19.2 Å². The number of aryl methyl sites for hydroxylation is 1. The molecule has 8 rings (SSSR count). The maximum atomic E-state index is 13.6. The van der Waals surface area contributed by atoms with Crippen LogP contribution in [0.2, 0.25) is 0 Å². The van der Waals surface area contributed by atoms with E-state index in [1.54, 1.807) is 0 Å². The zero-order valence-corrected chi connectivity index (χ0v) is 36.3. The molecule has 3 aromatic carbocycles. The van der Waals surface area contributed by atoms with Crippen LogP contribution in [0, 0.1) is 29.6 Å². The fraction of sp³-hybridized carbons (Fsp3) is 0.426. The van der Waals surface area contributed by atoms with Crippen LogP contribution in [0.3, 0.4) is 0 Å². The number of aromatic nitrogens is 2. The van der Waals surface area contributed by atoms with Gasteiger partial charge in [0, 0.05) is 42.2 Å². The first-order valence-electron chi connectivity index (χ1n) is 20.8. The van der Waals surface area contributed by atoms with Crippen LogP contribution >= 0.6 is 22.7 Å². The van der Waals surface area contributed by atoms with Gasteiger partial charge < -0.3 is 19.1 Å². The summed E-state index contributed by atoms with van der Waals surface area (Å²) in [6, 6.07) is 21.5. The lowest BCUT2D eigenvalue weighted by atomic mass is 9.70. The number of para-hydroxylation sites is 1. The Balaban J connectivity index is 0.788. The fourth-order valence-electron chi connectivity index (χ4n) is 8.19. The Morgan fingerprint density at radius 1 is 0.950 bits per heavy atom. The van der Waals surface area contributed by atoms with Gasteiger partial charge in [0.1, 0.15) is 11.4 Å². The van der Waals surface area contributed by atoms with E-state index in [-0.39, 0.29) is 17.8 Å². The molecule has 1 aliphatic carbocycles. The van der Waals surface area contributed by atoms with Gasteiger partial charge in [-0.1, -0.05) is 47.4 Å². The monoisotopic (exact) mass is 845 g/mol. The Kier molecular flexibility index (Phi) is 12.5. The molecular weight excluding hydrogens is 795 g/mol. The van der Waals surface area contributed by atoms with E-state index in [0.717, 1.165) is 81.6 Å².